The number of nitrogens with one attached hydrogen (secondary N) is 7. The Balaban J connectivity index is 1.74. The van der Waals surface area contributed by atoms with Gasteiger partial charge in [0.25, 0.3) is 0 Å². The second kappa shape index (κ2) is 18.3. The number of carbonyl (C=O) groups is 8. The van der Waals surface area contributed by atoms with Gasteiger partial charge < -0.3 is 67.3 Å². The summed E-state index contributed by atoms with van der Waals surface area (Å²) in [6.07, 6.45) is -4.94. The first-order valence-corrected chi connectivity index (χ1v) is 20.0. The highest BCUT2D eigenvalue weighted by Crippen LogP contribution is 2.32. The predicted molar refractivity (Wildman–Crippen MR) is 207 cm³/mol. The molecule has 21 nitrogen and oxygen atoms in total. The minimum Gasteiger partial charge on any atom is -0.479 e. The van der Waals surface area contributed by atoms with Gasteiger partial charge in [0, 0.05) is 42.5 Å². The van der Waals surface area contributed by atoms with Crippen LogP contribution in [0.25, 0.3) is 10.9 Å². The number of Topliss-reactive ketones (excluding diaryl/α,β-unsaturated/α-hetero) is 1. The number of urea groups is 1. The van der Waals surface area contributed by atoms with Crippen LogP contribution >= 0.6 is 11.8 Å². The molecule has 0 radical (unpaired) electrons. The van der Waals surface area contributed by atoms with Crippen LogP contribution in [0.15, 0.2) is 29.3 Å². The number of carboxylic acid groups (broad SMARTS) is 1. The molecule has 10 atom stereocenters. The number of carbonyl (C=O) groups excluding carboxylic acids is 7. The molecular weight excluding hydrogens is 797 g/mol. The third-order valence-corrected chi connectivity index (χ3v) is 11.6. The van der Waals surface area contributed by atoms with Gasteiger partial charge in [-0.15, -0.1) is 11.8 Å². The van der Waals surface area contributed by atoms with E-state index in [1.165, 1.54) is 27.7 Å². The Bertz CT molecular complexity index is 1990. The summed E-state index contributed by atoms with van der Waals surface area (Å²) in [6, 6.07) is -5.58. The molecular formula is C37H50N8O13S. The van der Waals surface area contributed by atoms with Crippen molar-refractivity contribution in [2.45, 2.75) is 112 Å². The van der Waals surface area contributed by atoms with Crippen LogP contribution in [0.1, 0.15) is 46.1 Å². The fourth-order valence-corrected chi connectivity index (χ4v) is 8.28. The van der Waals surface area contributed by atoms with Crippen molar-refractivity contribution in [2.75, 3.05) is 18.9 Å². The number of aliphatic carboxylic acids is 1. The highest BCUT2D eigenvalue weighted by molar-refractivity contribution is 7.99. The van der Waals surface area contributed by atoms with Crippen molar-refractivity contribution in [2.24, 2.45) is 5.92 Å². The average molecular weight is 847 g/mol. The van der Waals surface area contributed by atoms with Crippen molar-refractivity contribution in [3.63, 3.8) is 0 Å². The molecule has 2 aromatic rings. The zero-order chi connectivity index (χ0) is 43.5. The van der Waals surface area contributed by atoms with Gasteiger partial charge >= 0.3 is 12.0 Å². The Labute approximate surface area is 341 Å². The Morgan fingerprint density at radius 3 is 2.24 bits per heavy atom. The van der Waals surface area contributed by atoms with Crippen molar-refractivity contribution < 1.29 is 63.9 Å². The number of aromatic amines is 1. The lowest BCUT2D eigenvalue weighted by Gasteiger charge is -2.31. The molecule has 59 heavy (non-hydrogen) atoms. The number of aromatic nitrogens is 1. The summed E-state index contributed by atoms with van der Waals surface area (Å²) >= 11 is 0.942. The molecule has 3 aliphatic heterocycles. The number of hydrogen-bond acceptors (Lipinski definition) is 13. The number of nitrogens with zero attached hydrogens (tertiary/aromatic N) is 1. The standard InChI is InChI=1S/C37H50N8O13S/c1-15(2)25-33(54)44-26(28(49)35(55)56)27(48)23-13-59-34-19(18-7-5-6-8-20(18)41-34)10-21(30(51)40-22(31(52)43-25)11-37(4,58)14-46)39-29(50)16(3)38-32(53)24-9-17(47)12-45(24)36(57)42-23/h5-8,15-17,21-26,28,41,46-47,49,58H,9-14H2,1-4H3,(H,38,53)(H,39,50)(H,40,51)(H,42,57)(H,43,52)(H,44,54)(H,55,56)/t16-,17-,21-,22-,23-,24-,25-,26-,28-,37+/m0/s1. The topological polar surface area (TPSA) is 329 Å². The Morgan fingerprint density at radius 1 is 0.898 bits per heavy atom. The summed E-state index contributed by atoms with van der Waals surface area (Å²) in [5.41, 5.74) is -1.01. The van der Waals surface area contributed by atoms with Crippen molar-refractivity contribution in [3.05, 3.63) is 29.8 Å². The number of amides is 7. The summed E-state index contributed by atoms with van der Waals surface area (Å²) < 4.78 is 0. The van der Waals surface area contributed by atoms with E-state index in [4.69, 9.17) is 0 Å². The van der Waals surface area contributed by atoms with Gasteiger partial charge in [0.1, 0.15) is 42.3 Å². The summed E-state index contributed by atoms with van der Waals surface area (Å²) in [7, 11) is 0. The van der Waals surface area contributed by atoms with Crippen LogP contribution in [0.2, 0.25) is 0 Å². The minimum atomic E-state index is -2.58. The van der Waals surface area contributed by atoms with Crippen LogP contribution in [0.3, 0.4) is 0 Å². The zero-order valence-corrected chi connectivity index (χ0v) is 33.5. The summed E-state index contributed by atoms with van der Waals surface area (Å²) in [4.78, 5) is 115. The van der Waals surface area contributed by atoms with E-state index in [0.29, 0.717) is 21.5 Å². The number of carboxylic acids is 1. The number of H-pyrrole nitrogens is 1. The first-order valence-electron chi connectivity index (χ1n) is 19.0. The van der Waals surface area contributed by atoms with Gasteiger partial charge in [0.05, 0.1) is 23.3 Å². The maximum Gasteiger partial charge on any atom is 0.335 e. The van der Waals surface area contributed by atoms with E-state index >= 15 is 0 Å². The number of aliphatic hydroxyl groups is 4. The number of para-hydroxylation sites is 1. The Morgan fingerprint density at radius 2 is 1.58 bits per heavy atom. The molecule has 0 saturated carbocycles. The highest BCUT2D eigenvalue weighted by Gasteiger charge is 2.45. The van der Waals surface area contributed by atoms with Crippen LogP contribution in [-0.2, 0) is 40.0 Å². The van der Waals surface area contributed by atoms with Crippen molar-refractivity contribution >= 4 is 70.0 Å². The predicted octanol–water partition coefficient (Wildman–Crippen LogP) is -3.41. The van der Waals surface area contributed by atoms with E-state index in [-0.39, 0.29) is 25.1 Å². The smallest absolute Gasteiger partial charge is 0.335 e. The van der Waals surface area contributed by atoms with E-state index in [9.17, 15) is 63.9 Å². The molecule has 0 aliphatic carbocycles. The molecule has 12 N–H and O–H groups in total. The van der Waals surface area contributed by atoms with E-state index in [0.717, 1.165) is 16.7 Å². The van der Waals surface area contributed by atoms with Crippen LogP contribution in [0.4, 0.5) is 4.79 Å². The number of benzene rings is 1. The van der Waals surface area contributed by atoms with Gasteiger partial charge in [0.15, 0.2) is 11.9 Å². The summed E-state index contributed by atoms with van der Waals surface area (Å²) in [6.45, 7) is 4.25. The van der Waals surface area contributed by atoms with E-state index < -0.39 is 126 Å². The number of rotatable bonds is 6. The normalized spacial score (nSPS) is 29.5. The number of thioether (sulfide) groups is 1. The summed E-state index contributed by atoms with van der Waals surface area (Å²) in [5, 5.41) is 67.8. The first kappa shape index (κ1) is 44.8. The van der Waals surface area contributed by atoms with Crippen LogP contribution in [-0.4, -0.2) is 162 Å². The molecule has 1 saturated heterocycles. The summed E-state index contributed by atoms with van der Waals surface area (Å²) in [5.74, 6) is -9.14. The van der Waals surface area contributed by atoms with Crippen molar-refractivity contribution in [3.8, 4) is 0 Å². The number of aliphatic hydroxyl groups excluding tert-OH is 3. The molecule has 1 aromatic heterocycles. The lowest BCUT2D eigenvalue weighted by Crippen LogP contribution is -2.63. The molecule has 22 heteroatoms. The first-order chi connectivity index (χ1) is 27.7. The van der Waals surface area contributed by atoms with E-state index in [1.54, 1.807) is 24.3 Å². The number of ketones is 1. The van der Waals surface area contributed by atoms with Gasteiger partial charge in [-0.05, 0) is 31.4 Å². The maximum atomic E-state index is 14.5. The van der Waals surface area contributed by atoms with E-state index in [1.807, 2.05) is 0 Å². The number of hydrogen-bond donors (Lipinski definition) is 12. The second-order valence-corrected chi connectivity index (χ2v) is 16.7. The molecule has 1 aromatic carbocycles. The third kappa shape index (κ3) is 10.3. The zero-order valence-electron chi connectivity index (χ0n) is 32.7. The Kier molecular flexibility index (Phi) is 13.9. The lowest BCUT2D eigenvalue weighted by atomic mass is 9.95. The van der Waals surface area contributed by atoms with E-state index in [2.05, 4.69) is 36.9 Å². The fraction of sp³-hybridized carbons (Fsp3) is 0.568. The molecule has 4 heterocycles. The van der Waals surface area contributed by atoms with Crippen LogP contribution in [0.5, 0.6) is 0 Å². The largest absolute Gasteiger partial charge is 0.479 e. The lowest BCUT2D eigenvalue weighted by molar-refractivity contribution is -0.152. The second-order valence-electron chi connectivity index (χ2n) is 15.7. The maximum absolute atomic E-state index is 14.5. The molecule has 0 spiro atoms. The van der Waals surface area contributed by atoms with Crippen molar-refractivity contribution in [1.29, 1.82) is 0 Å². The van der Waals surface area contributed by atoms with Gasteiger partial charge in [-0.25, -0.2) is 9.59 Å². The average Bonchev–Trinajstić information content (AvgIpc) is 3.75. The molecule has 5 rings (SSSR count). The van der Waals surface area contributed by atoms with Crippen LogP contribution < -0.4 is 31.9 Å². The Hall–Kier alpha value is -5.29. The molecule has 1 fully saturated rings. The SMILES string of the molecule is CC(C)[C@@H]1NC(=O)[C@H](C[C@@](C)(O)CO)NC(=O)[C@@H]2Cc3c([nH]c4ccccc34)SC[C@H](NC(=O)N3C[C@@H](O)C[C@H]3C(=O)N[C@@H](C)C(=O)N2)C(=O)[C@@H]([C@H](O)C(=O)O)NC1=O. The third-order valence-electron chi connectivity index (χ3n) is 10.5. The minimum absolute atomic E-state index is 0.266. The van der Waals surface area contributed by atoms with Crippen LogP contribution in [0, 0.1) is 5.92 Å². The van der Waals surface area contributed by atoms with Gasteiger partial charge in [-0.3, -0.25) is 28.8 Å². The number of fused-ring (bicyclic) bond motifs is 5. The molecule has 0 unspecified atom stereocenters. The van der Waals surface area contributed by atoms with Gasteiger partial charge in [-0.1, -0.05) is 32.0 Å². The molecule has 3 aliphatic rings. The molecule has 7 amide bonds. The monoisotopic (exact) mass is 846 g/mol. The quantitative estimate of drug-likeness (QED) is 0.135. The highest BCUT2D eigenvalue weighted by atomic mass is 32.2. The van der Waals surface area contributed by atoms with Gasteiger partial charge in [0.2, 0.25) is 29.5 Å². The fourth-order valence-electron chi connectivity index (χ4n) is 7.15. The molecule has 2 bridgehead atoms. The van der Waals surface area contributed by atoms with Crippen molar-refractivity contribution in [1.82, 2.24) is 41.8 Å². The van der Waals surface area contributed by atoms with Gasteiger partial charge in [-0.2, -0.15) is 0 Å². The molecule has 322 valence electrons.